The van der Waals surface area contributed by atoms with Crippen LogP contribution in [-0.2, 0) is 0 Å². The van der Waals surface area contributed by atoms with Gasteiger partial charge in [-0.15, -0.1) is 0 Å². The summed E-state index contributed by atoms with van der Waals surface area (Å²) in [5.74, 6) is 0.617. The first-order chi connectivity index (χ1) is 12.3. The first kappa shape index (κ1) is 15.5. The van der Waals surface area contributed by atoms with E-state index in [1.54, 1.807) is 12.3 Å². The second-order valence-corrected chi connectivity index (χ2v) is 5.95. The van der Waals surface area contributed by atoms with Crippen LogP contribution in [0.3, 0.4) is 0 Å². The van der Waals surface area contributed by atoms with Crippen LogP contribution >= 0.6 is 11.6 Å². The summed E-state index contributed by atoms with van der Waals surface area (Å²) in [5, 5.41) is 0.423. The Bertz CT molecular complexity index is 1000. The van der Waals surface area contributed by atoms with Gasteiger partial charge in [0.1, 0.15) is 5.15 Å². The molecular weight excluding hydrogens is 330 g/mol. The number of hydrogen-bond donors (Lipinski definition) is 0. The van der Waals surface area contributed by atoms with Crippen LogP contribution in [0.25, 0.3) is 33.9 Å². The number of nitrogens with zero attached hydrogens (tertiary/aromatic N) is 3. The highest BCUT2D eigenvalue weighted by molar-refractivity contribution is 6.29. The first-order valence-corrected chi connectivity index (χ1v) is 8.29. The fourth-order valence-electron chi connectivity index (χ4n) is 2.65. The van der Waals surface area contributed by atoms with E-state index in [0.29, 0.717) is 11.0 Å². The lowest BCUT2D eigenvalue weighted by molar-refractivity contribution is 1.18. The van der Waals surface area contributed by atoms with Crippen molar-refractivity contribution in [2.75, 3.05) is 0 Å². The molecule has 0 bridgehead atoms. The average Bonchev–Trinajstić information content (AvgIpc) is 2.69. The van der Waals surface area contributed by atoms with Crippen LogP contribution in [0.1, 0.15) is 0 Å². The van der Waals surface area contributed by atoms with Gasteiger partial charge in [0.25, 0.3) is 0 Å². The molecule has 25 heavy (non-hydrogen) atoms. The first-order valence-electron chi connectivity index (χ1n) is 7.91. The zero-order valence-corrected chi connectivity index (χ0v) is 14.1. The molecule has 0 N–H and O–H groups in total. The van der Waals surface area contributed by atoms with Crippen molar-refractivity contribution in [1.29, 1.82) is 0 Å². The van der Waals surface area contributed by atoms with Crippen molar-refractivity contribution in [1.82, 2.24) is 15.0 Å². The molecule has 0 atom stereocenters. The summed E-state index contributed by atoms with van der Waals surface area (Å²) in [6.07, 6.45) is 1.79. The minimum atomic E-state index is 0.423. The Morgan fingerprint density at radius 1 is 0.600 bits per heavy atom. The zero-order valence-electron chi connectivity index (χ0n) is 13.3. The molecule has 0 amide bonds. The maximum Gasteiger partial charge on any atom is 0.161 e. The third kappa shape index (κ3) is 3.42. The molecule has 4 heteroatoms. The Morgan fingerprint density at radius 3 is 2.08 bits per heavy atom. The normalized spacial score (nSPS) is 10.6. The molecular formula is C21H14ClN3. The Kier molecular flexibility index (Phi) is 4.23. The van der Waals surface area contributed by atoms with E-state index in [1.807, 2.05) is 66.7 Å². The van der Waals surface area contributed by atoms with Crippen molar-refractivity contribution < 1.29 is 0 Å². The average molecular weight is 344 g/mol. The number of hydrogen-bond acceptors (Lipinski definition) is 3. The summed E-state index contributed by atoms with van der Waals surface area (Å²) >= 11 is 6.24. The van der Waals surface area contributed by atoms with Crippen LogP contribution in [0, 0.1) is 0 Å². The zero-order chi connectivity index (χ0) is 17.1. The molecule has 2 heterocycles. The summed E-state index contributed by atoms with van der Waals surface area (Å²) in [7, 11) is 0. The van der Waals surface area contributed by atoms with E-state index in [1.165, 1.54) is 0 Å². The molecule has 0 spiro atoms. The van der Waals surface area contributed by atoms with Crippen LogP contribution in [-0.4, -0.2) is 15.0 Å². The molecule has 0 aliphatic heterocycles. The fraction of sp³-hybridized carbons (Fsp3) is 0. The van der Waals surface area contributed by atoms with Crippen LogP contribution in [0.4, 0.5) is 0 Å². The molecule has 0 fully saturated rings. The third-order valence-electron chi connectivity index (χ3n) is 3.85. The maximum absolute atomic E-state index is 6.24. The van der Waals surface area contributed by atoms with Gasteiger partial charge in [-0.2, -0.15) is 0 Å². The highest BCUT2D eigenvalue weighted by Gasteiger charge is 2.09. The molecule has 0 saturated heterocycles. The Balaban J connectivity index is 1.79. The molecule has 3 nitrogen and oxygen atoms in total. The summed E-state index contributed by atoms with van der Waals surface area (Å²) in [4.78, 5) is 13.5. The van der Waals surface area contributed by atoms with E-state index >= 15 is 0 Å². The van der Waals surface area contributed by atoms with Crippen LogP contribution < -0.4 is 0 Å². The molecule has 0 aliphatic carbocycles. The van der Waals surface area contributed by atoms with Crippen LogP contribution in [0.2, 0.25) is 5.15 Å². The number of benzene rings is 2. The Hall–Kier alpha value is -3.04. The van der Waals surface area contributed by atoms with E-state index in [9.17, 15) is 0 Å². The topological polar surface area (TPSA) is 38.7 Å². The highest BCUT2D eigenvalue weighted by atomic mass is 35.5. The van der Waals surface area contributed by atoms with Crippen molar-refractivity contribution in [3.05, 3.63) is 90.2 Å². The van der Waals surface area contributed by atoms with Gasteiger partial charge in [0.2, 0.25) is 0 Å². The van der Waals surface area contributed by atoms with E-state index in [-0.39, 0.29) is 0 Å². The van der Waals surface area contributed by atoms with Crippen molar-refractivity contribution >= 4 is 11.6 Å². The monoisotopic (exact) mass is 343 g/mol. The summed E-state index contributed by atoms with van der Waals surface area (Å²) in [6.45, 7) is 0. The molecule has 2 aromatic heterocycles. The maximum atomic E-state index is 6.24. The Morgan fingerprint density at radius 2 is 1.32 bits per heavy atom. The second kappa shape index (κ2) is 6.83. The largest absolute Gasteiger partial charge is 0.256 e. The van der Waals surface area contributed by atoms with E-state index in [2.05, 4.69) is 16.0 Å². The minimum Gasteiger partial charge on any atom is -0.256 e. The summed E-state index contributed by atoms with van der Waals surface area (Å²) < 4.78 is 0. The predicted octanol–water partition coefficient (Wildman–Crippen LogP) is 5.53. The molecule has 4 aromatic rings. The van der Waals surface area contributed by atoms with E-state index < -0.39 is 0 Å². The molecule has 0 unspecified atom stereocenters. The van der Waals surface area contributed by atoms with Gasteiger partial charge in [0.15, 0.2) is 5.82 Å². The van der Waals surface area contributed by atoms with Gasteiger partial charge in [0.05, 0.1) is 11.4 Å². The summed E-state index contributed by atoms with van der Waals surface area (Å²) in [5.41, 5.74) is 4.66. The predicted molar refractivity (Wildman–Crippen MR) is 101 cm³/mol. The van der Waals surface area contributed by atoms with Crippen molar-refractivity contribution in [3.63, 3.8) is 0 Å². The lowest BCUT2D eigenvalue weighted by Crippen LogP contribution is -1.93. The third-order valence-corrected chi connectivity index (χ3v) is 4.04. The number of aromatic nitrogens is 3. The van der Waals surface area contributed by atoms with Gasteiger partial charge in [-0.25, -0.2) is 9.97 Å². The van der Waals surface area contributed by atoms with Gasteiger partial charge in [0, 0.05) is 29.0 Å². The van der Waals surface area contributed by atoms with E-state index in [4.69, 9.17) is 16.6 Å². The summed E-state index contributed by atoms with van der Waals surface area (Å²) in [6, 6.07) is 25.6. The molecule has 0 saturated carbocycles. The molecule has 120 valence electrons. The number of rotatable bonds is 3. The quantitative estimate of drug-likeness (QED) is 0.459. The van der Waals surface area contributed by atoms with Gasteiger partial charge < -0.3 is 0 Å². The van der Waals surface area contributed by atoms with Crippen molar-refractivity contribution in [2.24, 2.45) is 0 Å². The molecule has 4 rings (SSSR count). The molecule has 0 radical (unpaired) electrons. The smallest absolute Gasteiger partial charge is 0.161 e. The van der Waals surface area contributed by atoms with Gasteiger partial charge in [-0.3, -0.25) is 4.98 Å². The van der Waals surface area contributed by atoms with Gasteiger partial charge in [-0.05, 0) is 18.2 Å². The molecule has 0 aliphatic rings. The van der Waals surface area contributed by atoms with Crippen molar-refractivity contribution in [3.8, 4) is 33.9 Å². The van der Waals surface area contributed by atoms with Gasteiger partial charge in [-0.1, -0.05) is 66.2 Å². The van der Waals surface area contributed by atoms with Crippen LogP contribution in [0.15, 0.2) is 85.1 Å². The second-order valence-electron chi connectivity index (χ2n) is 5.56. The Labute approximate surface area is 151 Å². The fourth-order valence-corrected chi connectivity index (χ4v) is 2.84. The number of halogens is 1. The minimum absolute atomic E-state index is 0.423. The lowest BCUT2D eigenvalue weighted by Gasteiger charge is -2.07. The van der Waals surface area contributed by atoms with E-state index in [0.717, 1.165) is 28.1 Å². The van der Waals surface area contributed by atoms with Crippen molar-refractivity contribution in [2.45, 2.75) is 0 Å². The van der Waals surface area contributed by atoms with Crippen LogP contribution in [0.5, 0.6) is 0 Å². The molecule has 2 aromatic carbocycles. The number of pyridine rings is 1. The van der Waals surface area contributed by atoms with Gasteiger partial charge >= 0.3 is 0 Å². The SMILES string of the molecule is Clc1cc(-c2cccc(-c3ccccn3)c2)nc(-c2ccccc2)n1. The standard InChI is InChI=1S/C21H14ClN3/c22-20-14-19(24-21(25-20)15-7-2-1-3-8-15)17-10-6-9-16(13-17)18-11-4-5-12-23-18/h1-14H. The highest BCUT2D eigenvalue weighted by Crippen LogP contribution is 2.27. The lowest BCUT2D eigenvalue weighted by atomic mass is 10.0.